The maximum absolute atomic E-state index is 12.8. The zero-order valence-corrected chi connectivity index (χ0v) is 20.6. The van der Waals surface area contributed by atoms with E-state index >= 15 is 0 Å². The Bertz CT molecular complexity index is 650. The van der Waals surface area contributed by atoms with Crippen LogP contribution in [-0.2, 0) is 15.9 Å². The number of ether oxygens (including phenoxy) is 2. The Morgan fingerprint density at radius 1 is 0.935 bits per heavy atom. The molecular formula is C26H43NO4. The number of rotatable bonds is 13. The van der Waals surface area contributed by atoms with E-state index < -0.39 is 6.10 Å². The molecule has 0 saturated heterocycles. The molecule has 0 aliphatic heterocycles. The van der Waals surface area contributed by atoms with Gasteiger partial charge >= 0.3 is 12.1 Å². The van der Waals surface area contributed by atoms with Crippen molar-refractivity contribution in [3.05, 3.63) is 35.4 Å². The van der Waals surface area contributed by atoms with Gasteiger partial charge in [-0.1, -0.05) is 53.2 Å². The maximum atomic E-state index is 12.8. The van der Waals surface area contributed by atoms with Gasteiger partial charge in [-0.3, -0.25) is 0 Å². The van der Waals surface area contributed by atoms with Crippen molar-refractivity contribution in [2.75, 3.05) is 19.7 Å². The van der Waals surface area contributed by atoms with Crippen molar-refractivity contribution in [3.63, 3.8) is 0 Å². The summed E-state index contributed by atoms with van der Waals surface area (Å²) in [6.45, 7) is 16.0. The summed E-state index contributed by atoms with van der Waals surface area (Å²) in [5, 5.41) is 0. The summed E-state index contributed by atoms with van der Waals surface area (Å²) >= 11 is 0. The third kappa shape index (κ3) is 9.75. The molecule has 0 spiro atoms. The van der Waals surface area contributed by atoms with Crippen LogP contribution in [-0.4, -0.2) is 42.8 Å². The molecule has 1 aromatic rings. The lowest BCUT2D eigenvalue weighted by Crippen LogP contribution is -2.35. The number of esters is 1. The molecule has 176 valence electrons. The van der Waals surface area contributed by atoms with E-state index in [2.05, 4.69) is 34.6 Å². The van der Waals surface area contributed by atoms with Crippen LogP contribution in [0.4, 0.5) is 4.79 Å². The van der Waals surface area contributed by atoms with Gasteiger partial charge in [0, 0.05) is 13.1 Å². The number of benzene rings is 1. The number of carbonyl (C=O) groups is 2. The number of hydrogen-bond donors (Lipinski definition) is 0. The lowest BCUT2D eigenvalue weighted by molar-refractivity contribution is -0.00642. The molecule has 1 amide bonds. The first kappa shape index (κ1) is 27.0. The molecule has 5 heteroatoms. The predicted octanol–water partition coefficient (Wildman–Crippen LogP) is 6.35. The van der Waals surface area contributed by atoms with Crippen molar-refractivity contribution in [1.82, 2.24) is 4.90 Å². The molecule has 31 heavy (non-hydrogen) atoms. The normalized spacial score (nSPS) is 13.2. The molecule has 0 aromatic heterocycles. The van der Waals surface area contributed by atoms with Crippen molar-refractivity contribution in [2.24, 2.45) is 17.8 Å². The number of carbonyl (C=O) groups excluding carboxylic acids is 2. The Balaban J connectivity index is 2.91. The molecule has 1 aromatic carbocycles. The van der Waals surface area contributed by atoms with Crippen LogP contribution < -0.4 is 0 Å². The Morgan fingerprint density at radius 2 is 1.55 bits per heavy atom. The summed E-state index contributed by atoms with van der Waals surface area (Å²) in [5.74, 6) is 1.03. The zero-order chi connectivity index (χ0) is 23.4. The summed E-state index contributed by atoms with van der Waals surface area (Å²) in [6.07, 6.45) is 2.96. The predicted molar refractivity (Wildman–Crippen MR) is 126 cm³/mol. The monoisotopic (exact) mass is 433 g/mol. The van der Waals surface area contributed by atoms with Crippen LogP contribution in [0.1, 0.15) is 83.7 Å². The molecule has 0 saturated carbocycles. The fourth-order valence-corrected chi connectivity index (χ4v) is 3.79. The van der Waals surface area contributed by atoms with Crippen molar-refractivity contribution in [2.45, 2.75) is 80.3 Å². The molecule has 1 rings (SSSR count). The third-order valence-electron chi connectivity index (χ3n) is 5.70. The summed E-state index contributed by atoms with van der Waals surface area (Å²) in [6, 6.07) is 7.59. The molecule has 5 nitrogen and oxygen atoms in total. The highest BCUT2D eigenvalue weighted by Gasteiger charge is 2.26. The fraction of sp³-hybridized carbons (Fsp3) is 0.692. The van der Waals surface area contributed by atoms with Gasteiger partial charge < -0.3 is 14.4 Å². The van der Waals surface area contributed by atoms with Gasteiger partial charge in [-0.2, -0.15) is 0 Å². The topological polar surface area (TPSA) is 55.8 Å². The fourth-order valence-electron chi connectivity index (χ4n) is 3.79. The van der Waals surface area contributed by atoms with E-state index in [4.69, 9.17) is 9.47 Å². The zero-order valence-electron chi connectivity index (χ0n) is 20.6. The van der Waals surface area contributed by atoms with Gasteiger partial charge in [0.1, 0.15) is 12.7 Å². The number of hydrogen-bond acceptors (Lipinski definition) is 4. The highest BCUT2D eigenvalue weighted by atomic mass is 16.6. The number of amides is 1. The summed E-state index contributed by atoms with van der Waals surface area (Å²) in [4.78, 5) is 26.8. The van der Waals surface area contributed by atoms with Gasteiger partial charge in [-0.25, -0.2) is 9.59 Å². The highest BCUT2D eigenvalue weighted by Crippen LogP contribution is 2.26. The molecule has 0 fully saturated rings. The van der Waals surface area contributed by atoms with E-state index in [9.17, 15) is 9.59 Å². The first-order valence-corrected chi connectivity index (χ1v) is 11.9. The van der Waals surface area contributed by atoms with Gasteiger partial charge in [0.05, 0.1) is 5.56 Å². The molecule has 0 heterocycles. The Hall–Kier alpha value is -2.04. The van der Waals surface area contributed by atoms with Crippen LogP contribution >= 0.6 is 0 Å². The average Bonchev–Trinajstić information content (AvgIpc) is 2.72. The maximum Gasteiger partial charge on any atom is 0.409 e. The number of nitrogens with zero attached hydrogens (tertiary/aromatic N) is 1. The minimum atomic E-state index is -0.464. The average molecular weight is 434 g/mol. The Morgan fingerprint density at radius 3 is 2.03 bits per heavy atom. The van der Waals surface area contributed by atoms with Gasteiger partial charge in [-0.15, -0.1) is 0 Å². The largest absolute Gasteiger partial charge is 0.455 e. The molecule has 0 aliphatic carbocycles. The molecule has 2 atom stereocenters. The van der Waals surface area contributed by atoms with E-state index in [1.165, 1.54) is 5.56 Å². The van der Waals surface area contributed by atoms with Crippen molar-refractivity contribution in [3.8, 4) is 0 Å². The van der Waals surface area contributed by atoms with Crippen LogP contribution in [0, 0.1) is 17.8 Å². The molecular weight excluding hydrogens is 390 g/mol. The quantitative estimate of drug-likeness (QED) is 0.340. The van der Waals surface area contributed by atoms with Crippen molar-refractivity contribution >= 4 is 12.1 Å². The van der Waals surface area contributed by atoms with Gasteiger partial charge in [0.2, 0.25) is 0 Å². The standard InChI is InChI=1S/C26H43NO4/c1-8-11-21-12-14-22(15-13-21)25(28)31-24(17-23(20(6)7)16-19(4)5)18-30-26(29)27(9-2)10-3/h12-15,19-20,23-24H,8-11,16-18H2,1-7H3. The number of aryl methyl sites for hydroxylation is 1. The van der Waals surface area contributed by atoms with Crippen LogP contribution in [0.25, 0.3) is 0 Å². The van der Waals surface area contributed by atoms with E-state index in [-0.39, 0.29) is 18.7 Å². The SMILES string of the molecule is CCCc1ccc(C(=O)OC(COC(=O)N(CC)CC)CC(CC(C)C)C(C)C)cc1. The van der Waals surface area contributed by atoms with E-state index in [1.807, 2.05) is 38.1 Å². The Kier molecular flexibility index (Phi) is 12.3. The molecule has 2 unspecified atom stereocenters. The van der Waals surface area contributed by atoms with E-state index in [0.717, 1.165) is 19.3 Å². The van der Waals surface area contributed by atoms with E-state index in [1.54, 1.807) is 4.90 Å². The first-order valence-electron chi connectivity index (χ1n) is 11.9. The van der Waals surface area contributed by atoms with Gasteiger partial charge in [0.25, 0.3) is 0 Å². The van der Waals surface area contributed by atoms with Crippen LogP contribution in [0.15, 0.2) is 24.3 Å². The second kappa shape index (κ2) is 14.1. The lowest BCUT2D eigenvalue weighted by atomic mass is 9.83. The first-order chi connectivity index (χ1) is 14.7. The van der Waals surface area contributed by atoms with Crippen LogP contribution in [0.2, 0.25) is 0 Å². The minimum absolute atomic E-state index is 0.0797. The Labute approximate surface area is 189 Å². The van der Waals surface area contributed by atoms with Crippen LogP contribution in [0.5, 0.6) is 0 Å². The lowest BCUT2D eigenvalue weighted by Gasteiger charge is -2.28. The molecule has 0 bridgehead atoms. The second-order valence-electron chi connectivity index (χ2n) is 9.09. The molecule has 0 N–H and O–H groups in total. The van der Waals surface area contributed by atoms with Crippen LogP contribution in [0.3, 0.4) is 0 Å². The molecule has 0 aliphatic rings. The summed E-state index contributed by atoms with van der Waals surface area (Å²) in [5.41, 5.74) is 1.74. The van der Waals surface area contributed by atoms with E-state index in [0.29, 0.717) is 42.8 Å². The highest BCUT2D eigenvalue weighted by molar-refractivity contribution is 5.89. The second-order valence-corrected chi connectivity index (χ2v) is 9.09. The van der Waals surface area contributed by atoms with Crippen molar-refractivity contribution in [1.29, 1.82) is 0 Å². The third-order valence-corrected chi connectivity index (χ3v) is 5.70. The minimum Gasteiger partial charge on any atom is -0.455 e. The van der Waals surface area contributed by atoms with Crippen molar-refractivity contribution < 1.29 is 19.1 Å². The summed E-state index contributed by atoms with van der Waals surface area (Å²) < 4.78 is 11.4. The molecule has 0 radical (unpaired) electrons. The smallest absolute Gasteiger partial charge is 0.409 e. The van der Waals surface area contributed by atoms with Gasteiger partial charge in [-0.05, 0) is 68.6 Å². The summed E-state index contributed by atoms with van der Waals surface area (Å²) in [7, 11) is 0. The van der Waals surface area contributed by atoms with Gasteiger partial charge in [0.15, 0.2) is 0 Å².